The summed E-state index contributed by atoms with van der Waals surface area (Å²) in [4.78, 5) is 0. The van der Waals surface area contributed by atoms with Gasteiger partial charge in [-0.3, -0.25) is 0 Å². The summed E-state index contributed by atoms with van der Waals surface area (Å²) < 4.78 is 0. The van der Waals surface area contributed by atoms with Gasteiger partial charge in [-0.2, -0.15) is 0 Å². The van der Waals surface area contributed by atoms with Crippen LogP contribution in [0.4, 0.5) is 0 Å². The van der Waals surface area contributed by atoms with Crippen molar-refractivity contribution in [3.63, 3.8) is 0 Å². The van der Waals surface area contributed by atoms with E-state index in [1.54, 1.807) is 0 Å². The molecule has 0 saturated heterocycles. The molecule has 0 aliphatic heterocycles. The Balaban J connectivity index is 1.80. The van der Waals surface area contributed by atoms with Gasteiger partial charge < -0.3 is 5.32 Å². The molecule has 2 rings (SSSR count). The minimum Gasteiger partial charge on any atom is -0.308 e. The van der Waals surface area contributed by atoms with Gasteiger partial charge in [0.15, 0.2) is 0 Å². The van der Waals surface area contributed by atoms with Gasteiger partial charge in [0.2, 0.25) is 0 Å². The maximum absolute atomic E-state index is 3.67. The molecule has 2 aromatic rings. The molecule has 0 aromatic heterocycles. The van der Waals surface area contributed by atoms with Crippen LogP contribution in [0.15, 0.2) is 60.7 Å². The summed E-state index contributed by atoms with van der Waals surface area (Å²) in [6.07, 6.45) is 2.30. The van der Waals surface area contributed by atoms with Crippen LogP contribution >= 0.6 is 0 Å². The molecular formula is C18H23N. The van der Waals surface area contributed by atoms with E-state index in [4.69, 9.17) is 0 Å². The molecule has 0 amide bonds. The molecule has 0 spiro atoms. The highest BCUT2D eigenvalue weighted by Crippen LogP contribution is 2.13. The average Bonchev–Trinajstić information content (AvgIpc) is 2.47. The summed E-state index contributed by atoms with van der Waals surface area (Å²) in [6.45, 7) is 4.50. The number of aryl methyl sites for hydroxylation is 1. The summed E-state index contributed by atoms with van der Waals surface area (Å²) in [5.74, 6) is 0. The minimum atomic E-state index is 0.409. The van der Waals surface area contributed by atoms with Crippen LogP contribution in [0.3, 0.4) is 0 Å². The molecule has 0 aliphatic carbocycles. The van der Waals surface area contributed by atoms with Crippen LogP contribution < -0.4 is 5.32 Å². The van der Waals surface area contributed by atoms with Crippen LogP contribution in [-0.4, -0.2) is 6.04 Å². The van der Waals surface area contributed by atoms with Crippen LogP contribution in [0.5, 0.6) is 0 Å². The first-order chi connectivity index (χ1) is 9.25. The quantitative estimate of drug-likeness (QED) is 0.806. The topological polar surface area (TPSA) is 12.0 Å². The van der Waals surface area contributed by atoms with E-state index in [2.05, 4.69) is 79.8 Å². The van der Waals surface area contributed by atoms with E-state index in [0.29, 0.717) is 12.1 Å². The van der Waals surface area contributed by atoms with Gasteiger partial charge in [-0.25, -0.2) is 0 Å². The molecule has 2 aromatic carbocycles. The summed E-state index contributed by atoms with van der Waals surface area (Å²) in [7, 11) is 0. The van der Waals surface area contributed by atoms with Crippen molar-refractivity contribution >= 4 is 0 Å². The molecule has 1 unspecified atom stereocenters. The van der Waals surface area contributed by atoms with Crippen molar-refractivity contribution in [1.82, 2.24) is 5.32 Å². The summed E-state index contributed by atoms with van der Waals surface area (Å²) >= 11 is 0. The Morgan fingerprint density at radius 2 is 1.42 bits per heavy atom. The molecule has 2 atom stereocenters. The first kappa shape index (κ1) is 13.8. The van der Waals surface area contributed by atoms with Crippen molar-refractivity contribution < 1.29 is 0 Å². The molecule has 1 N–H and O–H groups in total. The van der Waals surface area contributed by atoms with E-state index in [-0.39, 0.29) is 0 Å². The van der Waals surface area contributed by atoms with E-state index < -0.39 is 0 Å². The van der Waals surface area contributed by atoms with Crippen molar-refractivity contribution in [2.24, 2.45) is 0 Å². The molecule has 0 aliphatic rings. The molecule has 0 bridgehead atoms. The monoisotopic (exact) mass is 253 g/mol. The van der Waals surface area contributed by atoms with E-state index in [1.807, 2.05) is 0 Å². The number of rotatable bonds is 6. The van der Waals surface area contributed by atoms with Crippen LogP contribution in [-0.2, 0) is 6.42 Å². The second-order valence-corrected chi connectivity index (χ2v) is 5.22. The zero-order valence-electron chi connectivity index (χ0n) is 11.8. The van der Waals surface area contributed by atoms with Gasteiger partial charge in [-0.05, 0) is 37.8 Å². The van der Waals surface area contributed by atoms with E-state index >= 15 is 0 Å². The fourth-order valence-electron chi connectivity index (χ4n) is 2.38. The highest BCUT2D eigenvalue weighted by molar-refractivity contribution is 5.18. The van der Waals surface area contributed by atoms with Crippen LogP contribution in [0, 0.1) is 0 Å². The Morgan fingerprint density at radius 3 is 2.05 bits per heavy atom. The van der Waals surface area contributed by atoms with E-state index in [0.717, 1.165) is 6.42 Å². The Morgan fingerprint density at radius 1 is 0.842 bits per heavy atom. The molecule has 0 heterocycles. The lowest BCUT2D eigenvalue weighted by Crippen LogP contribution is -2.29. The largest absolute Gasteiger partial charge is 0.308 e. The van der Waals surface area contributed by atoms with Crippen molar-refractivity contribution in [3.05, 3.63) is 71.8 Å². The van der Waals surface area contributed by atoms with Gasteiger partial charge in [0.05, 0.1) is 0 Å². The number of hydrogen-bond acceptors (Lipinski definition) is 1. The second-order valence-electron chi connectivity index (χ2n) is 5.22. The third-order valence-electron chi connectivity index (χ3n) is 3.54. The fourth-order valence-corrected chi connectivity index (χ4v) is 2.38. The van der Waals surface area contributed by atoms with Gasteiger partial charge >= 0.3 is 0 Å². The molecular weight excluding hydrogens is 230 g/mol. The SMILES string of the molecule is CC(CCc1ccccc1)N[C@H](C)c1ccccc1. The Bertz CT molecular complexity index is 464. The minimum absolute atomic E-state index is 0.409. The molecule has 1 heteroatoms. The molecule has 100 valence electrons. The summed E-state index contributed by atoms with van der Waals surface area (Å²) in [6, 6.07) is 22.3. The first-order valence-corrected chi connectivity index (χ1v) is 7.10. The lowest BCUT2D eigenvalue weighted by atomic mass is 10.0. The predicted octanol–water partition coefficient (Wildman–Crippen LogP) is 4.36. The van der Waals surface area contributed by atoms with Crippen molar-refractivity contribution in [2.75, 3.05) is 0 Å². The molecule has 19 heavy (non-hydrogen) atoms. The zero-order valence-corrected chi connectivity index (χ0v) is 11.8. The summed E-state index contributed by atoms with van der Waals surface area (Å²) in [5.41, 5.74) is 2.78. The maximum Gasteiger partial charge on any atom is 0.0294 e. The lowest BCUT2D eigenvalue weighted by Gasteiger charge is -2.20. The smallest absolute Gasteiger partial charge is 0.0294 e. The second kappa shape index (κ2) is 7.10. The Hall–Kier alpha value is -1.60. The third-order valence-corrected chi connectivity index (χ3v) is 3.54. The number of nitrogens with one attached hydrogen (secondary N) is 1. The van der Waals surface area contributed by atoms with Gasteiger partial charge in [0.25, 0.3) is 0 Å². The Labute approximate surface area is 116 Å². The van der Waals surface area contributed by atoms with Gasteiger partial charge in [0.1, 0.15) is 0 Å². The molecule has 1 nitrogen and oxygen atoms in total. The van der Waals surface area contributed by atoms with E-state index in [1.165, 1.54) is 17.5 Å². The highest BCUT2D eigenvalue weighted by atomic mass is 14.9. The fraction of sp³-hybridized carbons (Fsp3) is 0.333. The zero-order chi connectivity index (χ0) is 13.5. The average molecular weight is 253 g/mol. The van der Waals surface area contributed by atoms with Crippen LogP contribution in [0.1, 0.15) is 37.4 Å². The molecule has 0 radical (unpaired) electrons. The normalized spacial score (nSPS) is 14.0. The van der Waals surface area contributed by atoms with Crippen LogP contribution in [0.25, 0.3) is 0 Å². The van der Waals surface area contributed by atoms with Gasteiger partial charge in [-0.1, -0.05) is 60.7 Å². The molecule has 0 fully saturated rings. The standard InChI is InChI=1S/C18H23N/c1-15(13-14-17-9-5-3-6-10-17)19-16(2)18-11-7-4-8-12-18/h3-12,15-16,19H,13-14H2,1-2H3/t15?,16-/m1/s1. The lowest BCUT2D eigenvalue weighted by molar-refractivity contribution is 0.456. The van der Waals surface area contributed by atoms with Gasteiger partial charge in [-0.15, -0.1) is 0 Å². The van der Waals surface area contributed by atoms with Crippen LogP contribution in [0.2, 0.25) is 0 Å². The van der Waals surface area contributed by atoms with Crippen molar-refractivity contribution in [1.29, 1.82) is 0 Å². The first-order valence-electron chi connectivity index (χ1n) is 7.10. The maximum atomic E-state index is 3.67. The summed E-state index contributed by atoms with van der Waals surface area (Å²) in [5, 5.41) is 3.67. The molecule has 0 saturated carbocycles. The number of hydrogen-bond donors (Lipinski definition) is 1. The van der Waals surface area contributed by atoms with Crippen molar-refractivity contribution in [3.8, 4) is 0 Å². The third kappa shape index (κ3) is 4.53. The van der Waals surface area contributed by atoms with Crippen molar-refractivity contribution in [2.45, 2.75) is 38.8 Å². The van der Waals surface area contributed by atoms with Gasteiger partial charge in [0, 0.05) is 12.1 Å². The Kier molecular flexibility index (Phi) is 5.17. The predicted molar refractivity (Wildman–Crippen MR) is 82.2 cm³/mol. The van der Waals surface area contributed by atoms with E-state index in [9.17, 15) is 0 Å². The number of benzene rings is 2. The highest BCUT2D eigenvalue weighted by Gasteiger charge is 2.08.